The molecule has 412 valence electrons. The summed E-state index contributed by atoms with van der Waals surface area (Å²) in [5.41, 5.74) is 0. The van der Waals surface area contributed by atoms with Crippen LogP contribution in [0.25, 0.3) is 0 Å². The van der Waals surface area contributed by atoms with E-state index in [0.29, 0.717) is 19.3 Å². The van der Waals surface area contributed by atoms with Crippen LogP contribution >= 0.6 is 0 Å². The highest BCUT2D eigenvalue weighted by molar-refractivity contribution is 5.71. The standard InChI is InChI=1S/C65H116O6/c1-4-7-10-13-16-19-22-25-28-30-31-32-33-35-37-40-43-46-49-52-55-58-64(67)70-61-62(60-69-63(66)57-54-51-48-45-42-39-36-27-24-21-18-15-12-9-6-3)71-65(68)59-56-53-50-47-44-41-38-34-29-26-23-20-17-14-11-8-5-2/h21,24-26,28-29,38,41,47,50,62H,4-20,22-23,27,30-37,39-40,42-46,48-49,51-61H2,1-3H3/b24-21-,28-25-,29-26-,41-38-,50-47-/t62-/m0/s1. The average Bonchev–Trinajstić information content (AvgIpc) is 3.37. The minimum atomic E-state index is -0.802. The van der Waals surface area contributed by atoms with Crippen molar-refractivity contribution in [1.29, 1.82) is 0 Å². The third-order valence-corrected chi connectivity index (χ3v) is 13.5. The van der Waals surface area contributed by atoms with Crippen molar-refractivity contribution < 1.29 is 28.6 Å². The van der Waals surface area contributed by atoms with Gasteiger partial charge in [0, 0.05) is 19.3 Å². The molecule has 0 heterocycles. The van der Waals surface area contributed by atoms with Crippen molar-refractivity contribution in [3.05, 3.63) is 60.8 Å². The van der Waals surface area contributed by atoms with Crippen LogP contribution in [0.5, 0.6) is 0 Å². The second-order valence-corrected chi connectivity index (χ2v) is 20.6. The van der Waals surface area contributed by atoms with Crippen molar-refractivity contribution in [3.8, 4) is 0 Å². The van der Waals surface area contributed by atoms with E-state index >= 15 is 0 Å². The average molecular weight is 994 g/mol. The van der Waals surface area contributed by atoms with Gasteiger partial charge in [-0.3, -0.25) is 14.4 Å². The van der Waals surface area contributed by atoms with Gasteiger partial charge in [0.15, 0.2) is 6.10 Å². The normalized spacial score (nSPS) is 12.4. The fraction of sp³-hybridized carbons (Fsp3) is 0.800. The van der Waals surface area contributed by atoms with Gasteiger partial charge in [0.1, 0.15) is 13.2 Å². The smallest absolute Gasteiger partial charge is 0.306 e. The van der Waals surface area contributed by atoms with E-state index in [9.17, 15) is 14.4 Å². The monoisotopic (exact) mass is 993 g/mol. The maximum absolute atomic E-state index is 12.9. The molecule has 0 aromatic heterocycles. The Morgan fingerprint density at radius 2 is 0.521 bits per heavy atom. The molecule has 0 radical (unpaired) electrons. The zero-order chi connectivity index (χ0) is 51.4. The summed E-state index contributed by atoms with van der Waals surface area (Å²) in [6.45, 7) is 6.61. The number of carbonyl (C=O) groups excluding carboxylic acids is 3. The Labute approximate surface area is 440 Å². The lowest BCUT2D eigenvalue weighted by Crippen LogP contribution is -2.30. The SMILES string of the molecule is CCCCCC/C=C\CCCCCCCCCC(=O)OC[C@@H](COC(=O)CCCCCCCCCCCCC/C=C\CCCCCCCC)OC(=O)CCC/C=C\C/C=C\C/C=C\CCCCCCCC. The lowest BCUT2D eigenvalue weighted by molar-refractivity contribution is -0.167. The molecule has 1 atom stereocenters. The molecule has 0 aromatic carbocycles. The van der Waals surface area contributed by atoms with Crippen molar-refractivity contribution in [2.45, 2.75) is 322 Å². The Morgan fingerprint density at radius 3 is 0.859 bits per heavy atom. The summed E-state index contributed by atoms with van der Waals surface area (Å²) >= 11 is 0. The molecule has 6 heteroatoms. The largest absolute Gasteiger partial charge is 0.462 e. The molecule has 0 fully saturated rings. The van der Waals surface area contributed by atoms with Crippen LogP contribution in [0.2, 0.25) is 0 Å². The van der Waals surface area contributed by atoms with Crippen LogP contribution in [0, 0.1) is 0 Å². The molecule has 0 unspecified atom stereocenters. The quantitative estimate of drug-likeness (QED) is 0.0261. The minimum absolute atomic E-state index is 0.0942. The van der Waals surface area contributed by atoms with Crippen molar-refractivity contribution in [2.75, 3.05) is 13.2 Å². The van der Waals surface area contributed by atoms with Crippen LogP contribution in [0.3, 0.4) is 0 Å². The van der Waals surface area contributed by atoms with Gasteiger partial charge in [0.05, 0.1) is 0 Å². The number of allylic oxidation sites excluding steroid dienone is 10. The van der Waals surface area contributed by atoms with E-state index < -0.39 is 6.10 Å². The third kappa shape index (κ3) is 57.9. The number of ether oxygens (including phenoxy) is 3. The Morgan fingerprint density at radius 1 is 0.282 bits per heavy atom. The maximum atomic E-state index is 12.9. The van der Waals surface area contributed by atoms with Gasteiger partial charge in [-0.25, -0.2) is 0 Å². The number of esters is 3. The van der Waals surface area contributed by atoms with E-state index in [0.717, 1.165) is 57.8 Å². The van der Waals surface area contributed by atoms with Crippen LogP contribution < -0.4 is 0 Å². The van der Waals surface area contributed by atoms with Gasteiger partial charge in [-0.1, -0.05) is 255 Å². The van der Waals surface area contributed by atoms with E-state index in [1.165, 1.54) is 212 Å². The van der Waals surface area contributed by atoms with Gasteiger partial charge < -0.3 is 14.2 Å². The Hall–Kier alpha value is -2.89. The summed E-state index contributed by atoms with van der Waals surface area (Å²) in [5, 5.41) is 0. The predicted molar refractivity (Wildman–Crippen MR) is 307 cm³/mol. The number of hydrogen-bond donors (Lipinski definition) is 0. The Balaban J connectivity index is 4.40. The maximum Gasteiger partial charge on any atom is 0.306 e. The first-order valence-electron chi connectivity index (χ1n) is 30.8. The Bertz CT molecular complexity index is 1280. The molecule has 0 rings (SSSR count). The molecule has 0 spiro atoms. The highest BCUT2D eigenvalue weighted by atomic mass is 16.6. The first-order valence-corrected chi connectivity index (χ1v) is 30.8. The summed E-state index contributed by atoms with van der Waals surface area (Å²) in [4.78, 5) is 38.2. The first kappa shape index (κ1) is 68.1. The molecule has 0 N–H and O–H groups in total. The molecular weight excluding hydrogens is 877 g/mol. The zero-order valence-corrected chi connectivity index (χ0v) is 47.2. The van der Waals surface area contributed by atoms with Crippen LogP contribution in [-0.4, -0.2) is 37.2 Å². The topological polar surface area (TPSA) is 78.9 Å². The van der Waals surface area contributed by atoms with Gasteiger partial charge in [0.2, 0.25) is 0 Å². The summed E-state index contributed by atoms with van der Waals surface area (Å²) in [7, 11) is 0. The van der Waals surface area contributed by atoms with E-state index in [1.54, 1.807) is 0 Å². The van der Waals surface area contributed by atoms with E-state index in [-0.39, 0.29) is 37.5 Å². The van der Waals surface area contributed by atoms with E-state index in [2.05, 4.69) is 81.5 Å². The van der Waals surface area contributed by atoms with Gasteiger partial charge in [-0.2, -0.15) is 0 Å². The van der Waals surface area contributed by atoms with Crippen molar-refractivity contribution >= 4 is 17.9 Å². The molecule has 0 bridgehead atoms. The molecule has 0 amide bonds. The molecule has 0 saturated heterocycles. The highest BCUT2D eigenvalue weighted by Crippen LogP contribution is 2.16. The summed E-state index contributed by atoms with van der Waals surface area (Å²) in [6, 6.07) is 0. The zero-order valence-electron chi connectivity index (χ0n) is 47.2. The van der Waals surface area contributed by atoms with E-state index in [1.807, 2.05) is 0 Å². The van der Waals surface area contributed by atoms with Crippen molar-refractivity contribution in [2.24, 2.45) is 0 Å². The molecular formula is C65H116O6. The molecule has 0 aliphatic heterocycles. The van der Waals surface area contributed by atoms with E-state index in [4.69, 9.17) is 14.2 Å². The van der Waals surface area contributed by atoms with Gasteiger partial charge in [0.25, 0.3) is 0 Å². The number of hydrogen-bond acceptors (Lipinski definition) is 6. The van der Waals surface area contributed by atoms with Crippen molar-refractivity contribution in [3.63, 3.8) is 0 Å². The lowest BCUT2D eigenvalue weighted by atomic mass is 10.0. The summed E-state index contributed by atoms with van der Waals surface area (Å²) in [5.74, 6) is -0.939. The van der Waals surface area contributed by atoms with Crippen LogP contribution in [0.4, 0.5) is 0 Å². The molecule has 0 saturated carbocycles. The Kier molecular flexibility index (Phi) is 57.2. The molecule has 0 aliphatic rings. The first-order chi connectivity index (χ1) is 35.0. The minimum Gasteiger partial charge on any atom is -0.462 e. The highest BCUT2D eigenvalue weighted by Gasteiger charge is 2.19. The van der Waals surface area contributed by atoms with Gasteiger partial charge in [-0.15, -0.1) is 0 Å². The van der Waals surface area contributed by atoms with Gasteiger partial charge >= 0.3 is 17.9 Å². The molecule has 0 aromatic rings. The van der Waals surface area contributed by atoms with Crippen LogP contribution in [0.15, 0.2) is 60.8 Å². The van der Waals surface area contributed by atoms with Crippen LogP contribution in [0.1, 0.15) is 316 Å². The van der Waals surface area contributed by atoms with Crippen LogP contribution in [-0.2, 0) is 28.6 Å². The predicted octanol–water partition coefficient (Wildman–Crippen LogP) is 20.8. The second kappa shape index (κ2) is 59.7. The van der Waals surface area contributed by atoms with Crippen molar-refractivity contribution in [1.82, 2.24) is 0 Å². The second-order valence-electron chi connectivity index (χ2n) is 20.6. The summed E-state index contributed by atoms with van der Waals surface area (Å²) < 4.78 is 16.9. The molecule has 0 aliphatic carbocycles. The number of carbonyl (C=O) groups is 3. The number of unbranched alkanes of at least 4 members (excludes halogenated alkanes) is 35. The fourth-order valence-electron chi connectivity index (χ4n) is 8.80. The fourth-order valence-corrected chi connectivity index (χ4v) is 8.80. The molecule has 71 heavy (non-hydrogen) atoms. The lowest BCUT2D eigenvalue weighted by Gasteiger charge is -2.18. The number of rotatable bonds is 56. The van der Waals surface area contributed by atoms with Gasteiger partial charge in [-0.05, 0) is 103 Å². The third-order valence-electron chi connectivity index (χ3n) is 13.5. The summed E-state index contributed by atoms with van der Waals surface area (Å²) in [6.07, 6.45) is 75.1. The molecule has 6 nitrogen and oxygen atoms in total.